The number of rotatable bonds is 5. The average molecular weight is 489 g/mol. The first kappa shape index (κ1) is 22.9. The summed E-state index contributed by atoms with van der Waals surface area (Å²) in [4.78, 5) is 33.1. The number of amides is 1. The summed E-state index contributed by atoms with van der Waals surface area (Å²) in [5, 5.41) is 13.4. The normalized spacial score (nSPS) is 11.3. The van der Waals surface area contributed by atoms with Crippen LogP contribution in [0.5, 0.6) is 5.75 Å². The smallest absolute Gasteiger partial charge is 0.410 e. The molecule has 1 N–H and O–H groups in total. The summed E-state index contributed by atoms with van der Waals surface area (Å²) in [7, 11) is 1.67. The number of halogens is 3. The average Bonchev–Trinajstić information content (AvgIpc) is 3.19. The van der Waals surface area contributed by atoms with E-state index in [1.807, 2.05) is 0 Å². The summed E-state index contributed by atoms with van der Waals surface area (Å²) in [5.41, 5.74) is 0.128. The monoisotopic (exact) mass is 489 g/mol. The van der Waals surface area contributed by atoms with Gasteiger partial charge in [0.05, 0.1) is 10.5 Å². The second kappa shape index (κ2) is 8.94. The van der Waals surface area contributed by atoms with Crippen molar-refractivity contribution in [2.75, 3.05) is 17.3 Å². The van der Waals surface area contributed by atoms with Gasteiger partial charge in [-0.3, -0.25) is 15.4 Å². The van der Waals surface area contributed by atoms with Gasteiger partial charge in [-0.1, -0.05) is 11.3 Å². The van der Waals surface area contributed by atoms with E-state index in [0.717, 1.165) is 23.5 Å². The maximum absolute atomic E-state index is 12.8. The highest BCUT2D eigenvalue weighted by Gasteiger charge is 2.30. The Bertz CT molecular complexity index is 1360. The van der Waals surface area contributed by atoms with Gasteiger partial charge in [-0.25, -0.2) is 14.8 Å². The molecule has 4 rings (SSSR count). The second-order valence-electron chi connectivity index (χ2n) is 6.88. The number of non-ortho nitro benzene ring substituents is 1. The minimum absolute atomic E-state index is 0.114. The van der Waals surface area contributed by atoms with E-state index in [4.69, 9.17) is 4.74 Å². The number of nitro benzene ring substituents is 1. The quantitative estimate of drug-likeness (QED) is 0.270. The Morgan fingerprint density at radius 2 is 1.74 bits per heavy atom. The Balaban J connectivity index is 1.46. The van der Waals surface area contributed by atoms with Crippen LogP contribution in [0.1, 0.15) is 5.56 Å². The topological polar surface area (TPSA) is 110 Å². The van der Waals surface area contributed by atoms with Crippen LogP contribution in [0.15, 0.2) is 60.7 Å². The van der Waals surface area contributed by atoms with Crippen LogP contribution in [0.25, 0.3) is 10.3 Å². The fourth-order valence-electron chi connectivity index (χ4n) is 2.91. The summed E-state index contributed by atoms with van der Waals surface area (Å²) in [6.07, 6.45) is -5.25. The molecule has 0 aliphatic carbocycles. The molecule has 34 heavy (non-hydrogen) atoms. The Kier molecular flexibility index (Phi) is 6.03. The van der Waals surface area contributed by atoms with E-state index in [1.54, 1.807) is 24.1 Å². The molecular formula is C21H14F3N5O4S. The number of carbonyl (C=O) groups is 1. The highest BCUT2D eigenvalue weighted by atomic mass is 32.1. The van der Waals surface area contributed by atoms with Crippen molar-refractivity contribution in [2.24, 2.45) is 0 Å². The van der Waals surface area contributed by atoms with Crippen molar-refractivity contribution in [2.45, 2.75) is 6.18 Å². The highest BCUT2D eigenvalue weighted by molar-refractivity contribution is 7.21. The molecule has 0 aliphatic heterocycles. The fourth-order valence-corrected chi connectivity index (χ4v) is 3.73. The van der Waals surface area contributed by atoms with Crippen LogP contribution in [0.2, 0.25) is 0 Å². The predicted octanol–water partition coefficient (Wildman–Crippen LogP) is 6.00. The Morgan fingerprint density at radius 1 is 1.06 bits per heavy atom. The first-order valence-electron chi connectivity index (χ1n) is 9.52. The number of nitrogens with one attached hydrogen (secondary N) is 1. The molecule has 0 fully saturated rings. The van der Waals surface area contributed by atoms with Crippen LogP contribution < -0.4 is 15.0 Å². The number of benzene rings is 2. The number of nitro groups is 1. The van der Waals surface area contributed by atoms with Crippen LogP contribution in [0.4, 0.5) is 40.3 Å². The molecule has 174 valence electrons. The molecule has 0 unspecified atom stereocenters. The lowest BCUT2D eigenvalue weighted by atomic mass is 10.2. The van der Waals surface area contributed by atoms with Crippen molar-refractivity contribution in [1.82, 2.24) is 9.97 Å². The van der Waals surface area contributed by atoms with E-state index in [9.17, 15) is 28.1 Å². The maximum atomic E-state index is 12.8. The number of pyridine rings is 1. The number of alkyl halides is 3. The van der Waals surface area contributed by atoms with E-state index >= 15 is 0 Å². The van der Waals surface area contributed by atoms with Crippen molar-refractivity contribution < 1.29 is 27.6 Å². The third-order valence-electron chi connectivity index (χ3n) is 4.63. The van der Waals surface area contributed by atoms with Gasteiger partial charge in [-0.15, -0.1) is 0 Å². The zero-order valence-corrected chi connectivity index (χ0v) is 18.1. The molecule has 2 aromatic carbocycles. The molecule has 2 heterocycles. The van der Waals surface area contributed by atoms with E-state index in [1.165, 1.54) is 36.4 Å². The van der Waals surface area contributed by atoms with E-state index in [0.29, 0.717) is 21.9 Å². The minimum atomic E-state index is -4.42. The van der Waals surface area contributed by atoms with E-state index < -0.39 is 22.8 Å². The molecule has 9 nitrogen and oxygen atoms in total. The third-order valence-corrected chi connectivity index (χ3v) is 5.51. The summed E-state index contributed by atoms with van der Waals surface area (Å²) < 4.78 is 43.4. The zero-order valence-electron chi connectivity index (χ0n) is 17.2. The molecule has 4 aromatic rings. The Labute approximate surface area is 193 Å². The van der Waals surface area contributed by atoms with Crippen LogP contribution in [-0.2, 0) is 6.18 Å². The molecule has 0 saturated carbocycles. The Hall–Kier alpha value is -4.26. The summed E-state index contributed by atoms with van der Waals surface area (Å²) >= 11 is 1.08. The van der Waals surface area contributed by atoms with Gasteiger partial charge in [0.1, 0.15) is 21.9 Å². The van der Waals surface area contributed by atoms with Crippen LogP contribution in [0.3, 0.4) is 0 Å². The highest BCUT2D eigenvalue weighted by Crippen LogP contribution is 2.33. The molecule has 0 aliphatic rings. The first-order chi connectivity index (χ1) is 16.1. The third kappa shape index (κ3) is 5.04. The summed E-state index contributed by atoms with van der Waals surface area (Å²) in [6.45, 7) is 0. The van der Waals surface area contributed by atoms with Gasteiger partial charge in [0.2, 0.25) is 0 Å². The minimum Gasteiger partial charge on any atom is -0.410 e. The zero-order chi connectivity index (χ0) is 24.5. The van der Waals surface area contributed by atoms with Gasteiger partial charge in [0.15, 0.2) is 5.13 Å². The molecule has 13 heteroatoms. The fraction of sp³-hybridized carbons (Fsp3) is 0.0952. The number of hydrogen-bond donors (Lipinski definition) is 1. The number of hydrogen-bond acceptors (Lipinski definition) is 8. The van der Waals surface area contributed by atoms with Crippen molar-refractivity contribution in [3.63, 3.8) is 0 Å². The molecule has 0 saturated heterocycles. The number of nitrogens with zero attached hydrogens (tertiary/aromatic N) is 4. The van der Waals surface area contributed by atoms with Crippen LogP contribution >= 0.6 is 11.3 Å². The SMILES string of the molecule is CN(c1ccc(C(F)(F)F)cc1)c1ccc2nc(NC(=O)Oc3ccc([N+](=O)[O-])cc3)sc2n1. The van der Waals surface area contributed by atoms with Gasteiger partial charge in [0.25, 0.3) is 5.69 Å². The number of carbonyl (C=O) groups excluding carboxylic acids is 1. The van der Waals surface area contributed by atoms with Gasteiger partial charge < -0.3 is 9.64 Å². The van der Waals surface area contributed by atoms with Gasteiger partial charge in [-0.05, 0) is 48.5 Å². The molecular weight excluding hydrogens is 475 g/mol. The molecule has 1 amide bonds. The molecule has 0 radical (unpaired) electrons. The van der Waals surface area contributed by atoms with Crippen molar-refractivity contribution in [1.29, 1.82) is 0 Å². The Morgan fingerprint density at radius 3 is 2.35 bits per heavy atom. The van der Waals surface area contributed by atoms with Crippen LogP contribution in [0, 0.1) is 10.1 Å². The van der Waals surface area contributed by atoms with Gasteiger partial charge in [-0.2, -0.15) is 13.2 Å². The lowest BCUT2D eigenvalue weighted by molar-refractivity contribution is -0.384. The summed E-state index contributed by atoms with van der Waals surface area (Å²) in [6, 6.07) is 13.0. The van der Waals surface area contributed by atoms with Crippen molar-refractivity contribution in [3.05, 3.63) is 76.3 Å². The second-order valence-corrected chi connectivity index (χ2v) is 7.86. The van der Waals surface area contributed by atoms with Crippen molar-refractivity contribution in [3.8, 4) is 5.75 Å². The number of ether oxygens (including phenoxy) is 1. The van der Waals surface area contributed by atoms with Crippen molar-refractivity contribution >= 4 is 50.1 Å². The van der Waals surface area contributed by atoms with Crippen LogP contribution in [-0.4, -0.2) is 28.0 Å². The lowest BCUT2D eigenvalue weighted by Gasteiger charge is -2.18. The molecule has 2 aromatic heterocycles. The molecule has 0 atom stereocenters. The largest absolute Gasteiger partial charge is 0.418 e. The maximum Gasteiger partial charge on any atom is 0.418 e. The molecule has 0 spiro atoms. The predicted molar refractivity (Wildman–Crippen MR) is 120 cm³/mol. The lowest BCUT2D eigenvalue weighted by Crippen LogP contribution is -2.16. The number of thiazole rings is 1. The number of aromatic nitrogens is 2. The first-order valence-corrected chi connectivity index (χ1v) is 10.3. The van der Waals surface area contributed by atoms with Gasteiger partial charge >= 0.3 is 12.3 Å². The van der Waals surface area contributed by atoms with E-state index in [-0.39, 0.29) is 16.6 Å². The number of fused-ring (bicyclic) bond motifs is 1. The van der Waals surface area contributed by atoms with Gasteiger partial charge in [0, 0.05) is 24.9 Å². The number of anilines is 3. The van der Waals surface area contributed by atoms with E-state index in [2.05, 4.69) is 15.3 Å². The standard InChI is InChI=1S/C21H14F3N5O4S/c1-28(13-4-2-12(3-5-13)21(22,23)24)17-11-10-16-18(26-17)34-19(25-16)27-20(30)33-15-8-6-14(7-9-15)29(31)32/h2-11H,1H3,(H,25,27,30). The molecule has 0 bridgehead atoms. The summed E-state index contributed by atoms with van der Waals surface area (Å²) in [5.74, 6) is 0.582.